The van der Waals surface area contributed by atoms with Crippen LogP contribution in [0, 0.1) is 5.41 Å². The summed E-state index contributed by atoms with van der Waals surface area (Å²) in [6, 6.07) is 13.6. The highest BCUT2D eigenvalue weighted by Gasteiger charge is 2.26. The zero-order valence-corrected chi connectivity index (χ0v) is 13.6. The SMILES string of the molecule is Br.COc1ccc(N2Cc3ccccc3C2=N)c(OC)c1. The molecule has 0 saturated heterocycles. The standard InChI is InChI=1S/C16H16N2O2.BrH/c1-19-12-7-8-14(15(9-12)20-2)18-10-11-5-3-4-6-13(11)16(18)17;/h3-9,17H,10H2,1-2H3;1H. The lowest BCUT2D eigenvalue weighted by Gasteiger charge is -2.21. The van der Waals surface area contributed by atoms with Gasteiger partial charge < -0.3 is 14.4 Å². The highest BCUT2D eigenvalue weighted by Crippen LogP contribution is 2.36. The molecular formula is C16H17BrN2O2. The number of halogens is 1. The first-order chi connectivity index (χ1) is 9.74. The molecule has 4 nitrogen and oxygen atoms in total. The summed E-state index contributed by atoms with van der Waals surface area (Å²) < 4.78 is 10.6. The maximum Gasteiger partial charge on any atom is 0.146 e. The Balaban J connectivity index is 0.00000161. The average molecular weight is 349 g/mol. The second kappa shape index (κ2) is 6.18. The van der Waals surface area contributed by atoms with Crippen LogP contribution in [0.1, 0.15) is 11.1 Å². The molecule has 0 saturated carbocycles. The molecule has 0 aromatic heterocycles. The summed E-state index contributed by atoms with van der Waals surface area (Å²) in [5, 5.41) is 8.33. The van der Waals surface area contributed by atoms with E-state index in [2.05, 4.69) is 6.07 Å². The van der Waals surface area contributed by atoms with Crippen LogP contribution in [-0.2, 0) is 6.54 Å². The van der Waals surface area contributed by atoms with E-state index in [1.165, 1.54) is 0 Å². The summed E-state index contributed by atoms with van der Waals surface area (Å²) in [6.45, 7) is 0.692. The van der Waals surface area contributed by atoms with E-state index in [-0.39, 0.29) is 17.0 Å². The van der Waals surface area contributed by atoms with E-state index in [0.29, 0.717) is 18.1 Å². The summed E-state index contributed by atoms with van der Waals surface area (Å²) in [5.41, 5.74) is 3.02. The fraction of sp³-hybridized carbons (Fsp3) is 0.188. The lowest BCUT2D eigenvalue weighted by atomic mass is 10.1. The minimum absolute atomic E-state index is 0. The second-order valence-electron chi connectivity index (χ2n) is 4.63. The molecule has 21 heavy (non-hydrogen) atoms. The number of hydrogen-bond donors (Lipinski definition) is 1. The van der Waals surface area contributed by atoms with Crippen molar-refractivity contribution in [3.63, 3.8) is 0 Å². The van der Waals surface area contributed by atoms with Crippen molar-refractivity contribution in [1.29, 1.82) is 5.41 Å². The van der Waals surface area contributed by atoms with Gasteiger partial charge in [-0.3, -0.25) is 5.41 Å². The van der Waals surface area contributed by atoms with E-state index in [0.717, 1.165) is 22.6 Å². The largest absolute Gasteiger partial charge is 0.497 e. The Morgan fingerprint density at radius 1 is 1.05 bits per heavy atom. The average Bonchev–Trinajstić information content (AvgIpc) is 2.84. The molecule has 0 spiro atoms. The fourth-order valence-electron chi connectivity index (χ4n) is 2.50. The first-order valence-corrected chi connectivity index (χ1v) is 6.41. The minimum Gasteiger partial charge on any atom is -0.497 e. The number of benzene rings is 2. The van der Waals surface area contributed by atoms with Gasteiger partial charge in [-0.25, -0.2) is 0 Å². The molecule has 1 N–H and O–H groups in total. The molecule has 0 atom stereocenters. The highest BCUT2D eigenvalue weighted by molar-refractivity contribution is 8.93. The first kappa shape index (κ1) is 15.4. The van der Waals surface area contributed by atoms with Gasteiger partial charge in [0.05, 0.1) is 26.5 Å². The Kier molecular flexibility index (Phi) is 4.53. The molecule has 0 unspecified atom stereocenters. The smallest absolute Gasteiger partial charge is 0.146 e. The maximum absolute atomic E-state index is 8.33. The number of hydrogen-bond acceptors (Lipinski definition) is 3. The van der Waals surface area contributed by atoms with Gasteiger partial charge in [0.15, 0.2) is 0 Å². The predicted molar refractivity (Wildman–Crippen MR) is 89.3 cm³/mol. The minimum atomic E-state index is 0. The highest BCUT2D eigenvalue weighted by atomic mass is 79.9. The van der Waals surface area contributed by atoms with Crippen LogP contribution in [0.2, 0.25) is 0 Å². The number of nitrogens with zero attached hydrogens (tertiary/aromatic N) is 1. The molecule has 2 aromatic rings. The number of nitrogens with one attached hydrogen (secondary N) is 1. The number of amidine groups is 1. The Morgan fingerprint density at radius 3 is 2.48 bits per heavy atom. The van der Waals surface area contributed by atoms with Gasteiger partial charge >= 0.3 is 0 Å². The van der Waals surface area contributed by atoms with E-state index in [4.69, 9.17) is 14.9 Å². The number of ether oxygens (including phenoxy) is 2. The topological polar surface area (TPSA) is 45.5 Å². The molecule has 1 aliphatic rings. The van der Waals surface area contributed by atoms with Gasteiger partial charge in [0, 0.05) is 11.6 Å². The molecule has 3 rings (SSSR count). The molecule has 1 heterocycles. The molecule has 1 aliphatic heterocycles. The van der Waals surface area contributed by atoms with Crippen LogP contribution in [0.5, 0.6) is 11.5 Å². The summed E-state index contributed by atoms with van der Waals surface area (Å²) in [7, 11) is 3.26. The Bertz CT molecular complexity index is 673. The van der Waals surface area contributed by atoms with E-state index in [9.17, 15) is 0 Å². The molecule has 5 heteroatoms. The van der Waals surface area contributed by atoms with Crippen LogP contribution in [0.25, 0.3) is 0 Å². The van der Waals surface area contributed by atoms with E-state index >= 15 is 0 Å². The molecule has 0 bridgehead atoms. The van der Waals surface area contributed by atoms with Gasteiger partial charge in [-0.1, -0.05) is 24.3 Å². The van der Waals surface area contributed by atoms with Crippen molar-refractivity contribution < 1.29 is 9.47 Å². The second-order valence-corrected chi connectivity index (χ2v) is 4.63. The van der Waals surface area contributed by atoms with Crippen molar-refractivity contribution in [3.05, 3.63) is 53.6 Å². The van der Waals surface area contributed by atoms with Gasteiger partial charge in [0.2, 0.25) is 0 Å². The van der Waals surface area contributed by atoms with Crippen LogP contribution in [-0.4, -0.2) is 20.1 Å². The van der Waals surface area contributed by atoms with Crippen LogP contribution < -0.4 is 14.4 Å². The summed E-state index contributed by atoms with van der Waals surface area (Å²) in [4.78, 5) is 1.95. The number of rotatable bonds is 3. The monoisotopic (exact) mass is 348 g/mol. The van der Waals surface area contributed by atoms with E-state index in [1.54, 1.807) is 14.2 Å². The Labute approximate surface area is 134 Å². The Hall–Kier alpha value is -2.01. The molecule has 110 valence electrons. The normalized spacial score (nSPS) is 12.7. The van der Waals surface area contributed by atoms with Gasteiger partial charge in [0.25, 0.3) is 0 Å². The quantitative estimate of drug-likeness (QED) is 0.921. The lowest BCUT2D eigenvalue weighted by molar-refractivity contribution is 0.395. The third-order valence-corrected chi connectivity index (χ3v) is 3.55. The molecule has 0 radical (unpaired) electrons. The van der Waals surface area contributed by atoms with Crippen LogP contribution in [0.4, 0.5) is 5.69 Å². The molecule has 0 aliphatic carbocycles. The van der Waals surface area contributed by atoms with Gasteiger partial charge in [0.1, 0.15) is 17.3 Å². The third kappa shape index (κ3) is 2.61. The third-order valence-electron chi connectivity index (χ3n) is 3.55. The van der Waals surface area contributed by atoms with Gasteiger partial charge in [-0.2, -0.15) is 0 Å². The van der Waals surface area contributed by atoms with E-state index in [1.807, 2.05) is 41.3 Å². The van der Waals surface area contributed by atoms with Crippen molar-refractivity contribution in [3.8, 4) is 11.5 Å². The van der Waals surface area contributed by atoms with Crippen molar-refractivity contribution >= 4 is 28.5 Å². The molecule has 2 aromatic carbocycles. The zero-order valence-electron chi connectivity index (χ0n) is 11.9. The number of methoxy groups -OCH3 is 2. The van der Waals surface area contributed by atoms with Crippen LogP contribution >= 0.6 is 17.0 Å². The first-order valence-electron chi connectivity index (χ1n) is 6.41. The number of anilines is 1. The fourth-order valence-corrected chi connectivity index (χ4v) is 2.50. The Morgan fingerprint density at radius 2 is 1.81 bits per heavy atom. The maximum atomic E-state index is 8.33. The predicted octanol–water partition coefficient (Wildman–Crippen LogP) is 3.63. The van der Waals surface area contributed by atoms with Gasteiger partial charge in [-0.15, -0.1) is 17.0 Å². The summed E-state index contributed by atoms with van der Waals surface area (Å²) >= 11 is 0. The summed E-state index contributed by atoms with van der Waals surface area (Å²) in [5.74, 6) is 1.96. The zero-order chi connectivity index (χ0) is 14.1. The van der Waals surface area contributed by atoms with Crippen molar-refractivity contribution in [1.82, 2.24) is 0 Å². The molecule has 0 fully saturated rings. The molecule has 0 amide bonds. The van der Waals surface area contributed by atoms with E-state index < -0.39 is 0 Å². The summed E-state index contributed by atoms with van der Waals surface area (Å²) in [6.07, 6.45) is 0. The van der Waals surface area contributed by atoms with Crippen molar-refractivity contribution in [2.24, 2.45) is 0 Å². The molecular weight excluding hydrogens is 332 g/mol. The van der Waals surface area contributed by atoms with Crippen LogP contribution in [0.3, 0.4) is 0 Å². The lowest BCUT2D eigenvalue weighted by Crippen LogP contribution is -2.23. The van der Waals surface area contributed by atoms with Gasteiger partial charge in [-0.05, 0) is 17.7 Å². The van der Waals surface area contributed by atoms with Crippen molar-refractivity contribution in [2.45, 2.75) is 6.54 Å². The van der Waals surface area contributed by atoms with Crippen LogP contribution in [0.15, 0.2) is 42.5 Å². The van der Waals surface area contributed by atoms with Crippen molar-refractivity contribution in [2.75, 3.05) is 19.1 Å². The number of fused-ring (bicyclic) bond motifs is 1.